The Labute approximate surface area is 115 Å². The van der Waals surface area contributed by atoms with E-state index in [0.29, 0.717) is 5.92 Å². The van der Waals surface area contributed by atoms with Gasteiger partial charge in [0.05, 0.1) is 0 Å². The Hall–Kier alpha value is -1.90. The monoisotopic (exact) mass is 255 g/mol. The van der Waals surface area contributed by atoms with E-state index in [2.05, 4.69) is 60.3 Å². The van der Waals surface area contributed by atoms with Gasteiger partial charge in [0.1, 0.15) is 5.69 Å². The molecule has 0 saturated carbocycles. The Bertz CT molecular complexity index is 535. The third kappa shape index (κ3) is 3.53. The van der Waals surface area contributed by atoms with Gasteiger partial charge in [-0.15, -0.1) is 0 Å². The number of nitrogens with one attached hydrogen (secondary N) is 1. The highest BCUT2D eigenvalue weighted by Crippen LogP contribution is 2.24. The highest BCUT2D eigenvalue weighted by molar-refractivity contribution is 5.71. The lowest BCUT2D eigenvalue weighted by Crippen LogP contribution is -2.02. The predicted octanol–water partition coefficient (Wildman–Crippen LogP) is 3.77. The number of hydrogen-bond donors (Lipinski definition) is 1. The van der Waals surface area contributed by atoms with Crippen LogP contribution in [0.3, 0.4) is 0 Å². The smallest absolute Gasteiger partial charge is 0.152 e. The molecule has 3 heteroatoms. The summed E-state index contributed by atoms with van der Waals surface area (Å²) in [6, 6.07) is 8.57. The largest absolute Gasteiger partial charge is 0.369 e. The third-order valence-corrected chi connectivity index (χ3v) is 2.89. The third-order valence-electron chi connectivity index (χ3n) is 2.89. The topological polar surface area (TPSA) is 37.8 Å². The van der Waals surface area contributed by atoms with Gasteiger partial charge in [0.2, 0.25) is 0 Å². The van der Waals surface area contributed by atoms with Crippen molar-refractivity contribution in [1.29, 1.82) is 0 Å². The molecule has 1 aromatic carbocycles. The van der Waals surface area contributed by atoms with Gasteiger partial charge >= 0.3 is 0 Å². The van der Waals surface area contributed by atoms with E-state index in [1.54, 1.807) is 12.4 Å². The van der Waals surface area contributed by atoms with E-state index in [-0.39, 0.29) is 0 Å². The van der Waals surface area contributed by atoms with Gasteiger partial charge < -0.3 is 5.32 Å². The molecule has 0 unspecified atom stereocenters. The van der Waals surface area contributed by atoms with Crippen LogP contribution in [-0.2, 0) is 6.42 Å². The molecule has 1 N–H and O–H groups in total. The first-order valence-corrected chi connectivity index (χ1v) is 6.85. The maximum absolute atomic E-state index is 4.46. The van der Waals surface area contributed by atoms with Crippen molar-refractivity contribution >= 4 is 5.82 Å². The van der Waals surface area contributed by atoms with Crippen LogP contribution in [0, 0.1) is 5.92 Å². The van der Waals surface area contributed by atoms with E-state index in [9.17, 15) is 0 Å². The molecule has 1 aromatic heterocycles. The zero-order valence-electron chi connectivity index (χ0n) is 11.9. The van der Waals surface area contributed by atoms with Gasteiger partial charge in [-0.2, -0.15) is 0 Å². The summed E-state index contributed by atoms with van der Waals surface area (Å²) >= 11 is 0. The molecule has 100 valence electrons. The highest BCUT2D eigenvalue weighted by Gasteiger charge is 2.08. The lowest BCUT2D eigenvalue weighted by Gasteiger charge is -2.10. The molecule has 0 amide bonds. The molecule has 0 saturated heterocycles. The van der Waals surface area contributed by atoms with Crippen LogP contribution in [0.5, 0.6) is 0 Å². The van der Waals surface area contributed by atoms with Crippen molar-refractivity contribution in [3.63, 3.8) is 0 Å². The van der Waals surface area contributed by atoms with Crippen molar-refractivity contribution < 1.29 is 0 Å². The second-order valence-corrected chi connectivity index (χ2v) is 5.08. The zero-order chi connectivity index (χ0) is 13.7. The van der Waals surface area contributed by atoms with Gasteiger partial charge in [-0.1, -0.05) is 32.0 Å². The average molecular weight is 255 g/mol. The Morgan fingerprint density at radius 1 is 1.16 bits per heavy atom. The van der Waals surface area contributed by atoms with Crippen LogP contribution in [0.25, 0.3) is 11.3 Å². The molecule has 3 nitrogen and oxygen atoms in total. The predicted molar refractivity (Wildman–Crippen MR) is 80.2 cm³/mol. The molecule has 2 aromatic rings. The van der Waals surface area contributed by atoms with E-state index in [1.807, 2.05) is 0 Å². The number of anilines is 1. The van der Waals surface area contributed by atoms with Crippen molar-refractivity contribution in [2.75, 3.05) is 11.9 Å². The van der Waals surface area contributed by atoms with Crippen LogP contribution >= 0.6 is 0 Å². The molecule has 1 heterocycles. The van der Waals surface area contributed by atoms with E-state index in [1.165, 1.54) is 5.56 Å². The Balaban J connectivity index is 2.36. The van der Waals surface area contributed by atoms with Gasteiger partial charge in [-0.25, -0.2) is 4.98 Å². The maximum atomic E-state index is 4.46. The van der Waals surface area contributed by atoms with Gasteiger partial charge in [0.25, 0.3) is 0 Å². The first-order chi connectivity index (χ1) is 9.20. The number of benzene rings is 1. The second kappa shape index (κ2) is 6.32. The van der Waals surface area contributed by atoms with Gasteiger partial charge in [0.15, 0.2) is 5.82 Å². The summed E-state index contributed by atoms with van der Waals surface area (Å²) in [6.45, 7) is 7.38. The summed E-state index contributed by atoms with van der Waals surface area (Å²) in [7, 11) is 0. The minimum Gasteiger partial charge on any atom is -0.369 e. The molecule has 0 aliphatic heterocycles. The van der Waals surface area contributed by atoms with Crippen molar-refractivity contribution in [3.8, 4) is 11.3 Å². The fraction of sp³-hybridized carbons (Fsp3) is 0.375. The lowest BCUT2D eigenvalue weighted by molar-refractivity contribution is 0.647. The molecule has 0 bridgehead atoms. The number of nitrogens with zero attached hydrogens (tertiary/aromatic N) is 2. The summed E-state index contributed by atoms with van der Waals surface area (Å²) in [5.41, 5.74) is 3.40. The summed E-state index contributed by atoms with van der Waals surface area (Å²) in [4.78, 5) is 8.82. The molecular formula is C16H21N3. The van der Waals surface area contributed by atoms with Crippen LogP contribution in [0.15, 0.2) is 36.7 Å². The van der Waals surface area contributed by atoms with Crippen LogP contribution in [0.2, 0.25) is 0 Å². The van der Waals surface area contributed by atoms with Gasteiger partial charge in [0, 0.05) is 24.5 Å². The normalized spacial score (nSPS) is 10.7. The molecule has 0 atom stereocenters. The lowest BCUT2D eigenvalue weighted by atomic mass is 10.00. The summed E-state index contributed by atoms with van der Waals surface area (Å²) in [5.74, 6) is 1.51. The van der Waals surface area contributed by atoms with E-state index in [4.69, 9.17) is 0 Å². The van der Waals surface area contributed by atoms with E-state index >= 15 is 0 Å². The van der Waals surface area contributed by atoms with Crippen LogP contribution < -0.4 is 5.32 Å². The van der Waals surface area contributed by atoms with Crippen LogP contribution in [-0.4, -0.2) is 16.5 Å². The number of hydrogen-bond acceptors (Lipinski definition) is 3. The summed E-state index contributed by atoms with van der Waals surface area (Å²) in [5, 5.41) is 3.26. The first-order valence-electron chi connectivity index (χ1n) is 6.85. The molecule has 0 spiro atoms. The van der Waals surface area contributed by atoms with Crippen molar-refractivity contribution in [3.05, 3.63) is 42.2 Å². The highest BCUT2D eigenvalue weighted by atomic mass is 15.0. The Kier molecular flexibility index (Phi) is 4.50. The molecule has 0 aliphatic carbocycles. The molecule has 19 heavy (non-hydrogen) atoms. The van der Waals surface area contributed by atoms with Crippen molar-refractivity contribution in [2.45, 2.75) is 27.2 Å². The minimum atomic E-state index is 0.658. The Morgan fingerprint density at radius 2 is 1.95 bits per heavy atom. The number of rotatable bonds is 5. The van der Waals surface area contributed by atoms with Crippen molar-refractivity contribution in [2.24, 2.45) is 5.92 Å². The van der Waals surface area contributed by atoms with Crippen molar-refractivity contribution in [1.82, 2.24) is 9.97 Å². The molecule has 2 rings (SSSR count). The fourth-order valence-corrected chi connectivity index (χ4v) is 2.16. The standard InChI is InChI=1S/C16H21N3/c1-4-17-16-15(18-8-9-19-16)14-7-5-6-13(11-14)10-12(2)3/h5-9,11-12H,4,10H2,1-3H3,(H,17,19). The first kappa shape index (κ1) is 13.5. The summed E-state index contributed by atoms with van der Waals surface area (Å²) < 4.78 is 0. The molecule has 0 radical (unpaired) electrons. The second-order valence-electron chi connectivity index (χ2n) is 5.08. The van der Waals surface area contributed by atoms with Gasteiger partial charge in [-0.3, -0.25) is 4.98 Å². The van der Waals surface area contributed by atoms with Crippen LogP contribution in [0.4, 0.5) is 5.82 Å². The molecular weight excluding hydrogens is 234 g/mol. The fourth-order valence-electron chi connectivity index (χ4n) is 2.16. The number of aromatic nitrogens is 2. The molecule has 0 fully saturated rings. The van der Waals surface area contributed by atoms with E-state index < -0.39 is 0 Å². The van der Waals surface area contributed by atoms with Gasteiger partial charge in [-0.05, 0) is 30.9 Å². The quantitative estimate of drug-likeness (QED) is 0.883. The minimum absolute atomic E-state index is 0.658. The average Bonchev–Trinajstić information content (AvgIpc) is 2.39. The Morgan fingerprint density at radius 3 is 2.68 bits per heavy atom. The van der Waals surface area contributed by atoms with Crippen LogP contribution in [0.1, 0.15) is 26.3 Å². The molecule has 0 aliphatic rings. The zero-order valence-corrected chi connectivity index (χ0v) is 11.9. The summed E-state index contributed by atoms with van der Waals surface area (Å²) in [6.07, 6.45) is 4.55. The van der Waals surface area contributed by atoms with E-state index in [0.717, 1.165) is 30.0 Å². The maximum Gasteiger partial charge on any atom is 0.152 e. The SMILES string of the molecule is CCNc1nccnc1-c1cccc(CC(C)C)c1.